The number of aryl methyl sites for hydroxylation is 2. The first-order chi connectivity index (χ1) is 15.9. The number of benzene rings is 4. The molecule has 0 aliphatic rings. The van der Waals surface area contributed by atoms with Crippen molar-refractivity contribution in [2.45, 2.75) is 77.0 Å². The van der Waals surface area contributed by atoms with E-state index in [2.05, 4.69) is 84.9 Å². The summed E-state index contributed by atoms with van der Waals surface area (Å²) in [5, 5.41) is 5.46. The van der Waals surface area contributed by atoms with Gasteiger partial charge < -0.3 is 0 Å². The number of unbranched alkanes of at least 4 members (excludes halogenated alkanes) is 9. The summed E-state index contributed by atoms with van der Waals surface area (Å²) in [7, 11) is 0. The highest BCUT2D eigenvalue weighted by Gasteiger charge is 1.99. The van der Waals surface area contributed by atoms with Gasteiger partial charge in [0, 0.05) is 0 Å². The van der Waals surface area contributed by atoms with Crippen LogP contribution in [0.25, 0.3) is 21.5 Å². The van der Waals surface area contributed by atoms with Crippen molar-refractivity contribution in [3.8, 4) is 0 Å². The Hall–Kier alpha value is -2.60. The van der Waals surface area contributed by atoms with E-state index < -0.39 is 0 Å². The van der Waals surface area contributed by atoms with E-state index in [1.54, 1.807) is 0 Å². The molecule has 0 heteroatoms. The van der Waals surface area contributed by atoms with E-state index in [1.807, 2.05) is 0 Å². The number of fused-ring (bicyclic) bond motifs is 2. The molecule has 0 fully saturated rings. The van der Waals surface area contributed by atoms with Crippen LogP contribution in [0.4, 0.5) is 0 Å². The molecule has 0 atom stereocenters. The van der Waals surface area contributed by atoms with Gasteiger partial charge in [-0.2, -0.15) is 0 Å². The molecule has 0 saturated heterocycles. The highest BCUT2D eigenvalue weighted by molar-refractivity contribution is 5.83. The average Bonchev–Trinajstić information content (AvgIpc) is 2.84. The number of hydrogen-bond donors (Lipinski definition) is 0. The van der Waals surface area contributed by atoms with E-state index >= 15 is 0 Å². The molecule has 0 aliphatic heterocycles. The second-order valence-corrected chi connectivity index (χ2v) is 9.40. The quantitative estimate of drug-likeness (QED) is 0.188. The van der Waals surface area contributed by atoms with Crippen molar-refractivity contribution < 1.29 is 0 Å². The standard InChI is InChI=1S/C32H38/c1(3-5-7-9-15-27-21-23-29-17-11-13-19-31(29)25-27)2-4-6-8-10-16-28-22-24-30-18-12-14-20-32(30)26-28/h11-14,17-26H,1-10,15-16H2. The molecule has 4 aromatic rings. The van der Waals surface area contributed by atoms with E-state index in [1.165, 1.54) is 110 Å². The molecule has 0 heterocycles. The third-order valence-corrected chi connectivity index (χ3v) is 6.81. The third-order valence-electron chi connectivity index (χ3n) is 6.81. The first kappa shape index (κ1) is 22.6. The summed E-state index contributed by atoms with van der Waals surface area (Å²) in [6.45, 7) is 0. The number of hydrogen-bond acceptors (Lipinski definition) is 0. The van der Waals surface area contributed by atoms with Crippen LogP contribution in [-0.4, -0.2) is 0 Å². The van der Waals surface area contributed by atoms with E-state index in [0.717, 1.165) is 0 Å². The topological polar surface area (TPSA) is 0 Å². The molecule has 166 valence electrons. The zero-order chi connectivity index (χ0) is 21.8. The Kier molecular flexibility index (Phi) is 8.78. The molecule has 0 aliphatic carbocycles. The molecule has 0 radical (unpaired) electrons. The van der Waals surface area contributed by atoms with Crippen LogP contribution >= 0.6 is 0 Å². The fourth-order valence-corrected chi connectivity index (χ4v) is 4.86. The predicted octanol–water partition coefficient (Wildman–Crippen LogP) is 9.68. The smallest absolute Gasteiger partial charge is 0.0181 e. The van der Waals surface area contributed by atoms with Gasteiger partial charge in [0.1, 0.15) is 0 Å². The third kappa shape index (κ3) is 6.95. The Morgan fingerprint density at radius 2 is 0.656 bits per heavy atom. The molecule has 0 amide bonds. The zero-order valence-corrected chi connectivity index (χ0v) is 19.6. The molecule has 4 aromatic carbocycles. The van der Waals surface area contributed by atoms with E-state index in [9.17, 15) is 0 Å². The Balaban J connectivity index is 0.990. The van der Waals surface area contributed by atoms with Gasteiger partial charge >= 0.3 is 0 Å². The fraction of sp³-hybridized carbons (Fsp3) is 0.375. The molecule has 0 nitrogen and oxygen atoms in total. The lowest BCUT2D eigenvalue weighted by atomic mass is 10.0. The molecular weight excluding hydrogens is 384 g/mol. The summed E-state index contributed by atoms with van der Waals surface area (Å²) in [6, 6.07) is 31.3. The first-order valence-corrected chi connectivity index (χ1v) is 12.8. The Morgan fingerprint density at radius 1 is 0.312 bits per heavy atom. The Bertz CT molecular complexity index is 1000. The maximum atomic E-state index is 2.37. The zero-order valence-electron chi connectivity index (χ0n) is 19.6. The minimum atomic E-state index is 1.22. The van der Waals surface area contributed by atoms with Crippen molar-refractivity contribution in [2.75, 3.05) is 0 Å². The van der Waals surface area contributed by atoms with Gasteiger partial charge in [-0.05, 0) is 58.4 Å². The van der Waals surface area contributed by atoms with Crippen molar-refractivity contribution in [3.05, 3.63) is 96.1 Å². The van der Waals surface area contributed by atoms with Gasteiger partial charge in [-0.15, -0.1) is 0 Å². The van der Waals surface area contributed by atoms with Crippen molar-refractivity contribution in [2.24, 2.45) is 0 Å². The molecule has 0 saturated carbocycles. The number of rotatable bonds is 13. The van der Waals surface area contributed by atoms with Crippen LogP contribution in [0.3, 0.4) is 0 Å². The van der Waals surface area contributed by atoms with Crippen LogP contribution in [0.5, 0.6) is 0 Å². The maximum Gasteiger partial charge on any atom is -0.0181 e. The summed E-state index contributed by atoms with van der Waals surface area (Å²) in [6.07, 6.45) is 16.3. The predicted molar refractivity (Wildman–Crippen MR) is 141 cm³/mol. The normalized spacial score (nSPS) is 11.4. The van der Waals surface area contributed by atoms with Crippen LogP contribution in [0.15, 0.2) is 84.9 Å². The van der Waals surface area contributed by atoms with Crippen molar-refractivity contribution in [1.82, 2.24) is 0 Å². The van der Waals surface area contributed by atoms with Crippen molar-refractivity contribution in [1.29, 1.82) is 0 Å². The molecule has 32 heavy (non-hydrogen) atoms. The monoisotopic (exact) mass is 422 g/mol. The van der Waals surface area contributed by atoms with E-state index in [0.29, 0.717) is 0 Å². The minimum absolute atomic E-state index is 1.22. The molecule has 0 bridgehead atoms. The van der Waals surface area contributed by atoms with Crippen molar-refractivity contribution in [3.63, 3.8) is 0 Å². The second-order valence-electron chi connectivity index (χ2n) is 9.40. The average molecular weight is 423 g/mol. The maximum absolute atomic E-state index is 2.37. The van der Waals surface area contributed by atoms with Gasteiger partial charge in [-0.3, -0.25) is 0 Å². The molecule has 0 aromatic heterocycles. The lowest BCUT2D eigenvalue weighted by Gasteiger charge is -2.05. The van der Waals surface area contributed by atoms with Crippen LogP contribution in [-0.2, 0) is 12.8 Å². The summed E-state index contributed by atoms with van der Waals surface area (Å²) in [5.41, 5.74) is 2.99. The SMILES string of the molecule is c1ccc2cc(CCCCCCCCCCCCc3ccc4ccccc4c3)ccc2c1. The Morgan fingerprint density at radius 3 is 1.06 bits per heavy atom. The lowest BCUT2D eigenvalue weighted by molar-refractivity contribution is 0.551. The van der Waals surface area contributed by atoms with Crippen molar-refractivity contribution >= 4 is 21.5 Å². The lowest BCUT2D eigenvalue weighted by Crippen LogP contribution is -1.88. The van der Waals surface area contributed by atoms with Crippen LogP contribution in [0.1, 0.15) is 75.3 Å². The highest BCUT2D eigenvalue weighted by atomic mass is 14.0. The molecule has 0 spiro atoms. The van der Waals surface area contributed by atoms with Gasteiger partial charge in [0.05, 0.1) is 0 Å². The van der Waals surface area contributed by atoms with Crippen LogP contribution in [0, 0.1) is 0 Å². The van der Waals surface area contributed by atoms with Gasteiger partial charge in [0.2, 0.25) is 0 Å². The van der Waals surface area contributed by atoms with Gasteiger partial charge in [-0.25, -0.2) is 0 Å². The summed E-state index contributed by atoms with van der Waals surface area (Å²) < 4.78 is 0. The molecule has 0 N–H and O–H groups in total. The van der Waals surface area contributed by atoms with Gasteiger partial charge in [0.25, 0.3) is 0 Å². The molecule has 0 unspecified atom stereocenters. The van der Waals surface area contributed by atoms with Gasteiger partial charge in [0.15, 0.2) is 0 Å². The minimum Gasteiger partial charge on any atom is -0.0616 e. The van der Waals surface area contributed by atoms with Crippen LogP contribution < -0.4 is 0 Å². The summed E-state index contributed by atoms with van der Waals surface area (Å²) in [4.78, 5) is 0. The summed E-state index contributed by atoms with van der Waals surface area (Å²) >= 11 is 0. The van der Waals surface area contributed by atoms with E-state index in [4.69, 9.17) is 0 Å². The van der Waals surface area contributed by atoms with Gasteiger partial charge in [-0.1, -0.05) is 136 Å². The first-order valence-electron chi connectivity index (χ1n) is 12.8. The Labute approximate surface area is 194 Å². The fourth-order valence-electron chi connectivity index (χ4n) is 4.86. The second kappa shape index (κ2) is 12.4. The molecule has 4 rings (SSSR count). The van der Waals surface area contributed by atoms with Crippen LogP contribution in [0.2, 0.25) is 0 Å². The van der Waals surface area contributed by atoms with E-state index in [-0.39, 0.29) is 0 Å². The highest BCUT2D eigenvalue weighted by Crippen LogP contribution is 2.19. The molecular formula is C32H38. The largest absolute Gasteiger partial charge is 0.0616 e. The summed E-state index contributed by atoms with van der Waals surface area (Å²) in [5.74, 6) is 0.